The van der Waals surface area contributed by atoms with E-state index in [4.69, 9.17) is 9.84 Å². The smallest absolute Gasteiger partial charge is 0.270 e. The molecule has 0 unspecified atom stereocenters. The van der Waals surface area contributed by atoms with Crippen LogP contribution in [0, 0.1) is 10.1 Å². The second-order valence-corrected chi connectivity index (χ2v) is 4.84. The van der Waals surface area contributed by atoms with Crippen LogP contribution in [0.1, 0.15) is 6.23 Å². The minimum Gasteiger partial charge on any atom is -0.394 e. The summed E-state index contributed by atoms with van der Waals surface area (Å²) in [6, 6.07) is 4.18. The Labute approximate surface area is 118 Å². The molecule has 1 aromatic heterocycles. The molecule has 1 aliphatic heterocycles. The molecule has 1 saturated heterocycles. The summed E-state index contributed by atoms with van der Waals surface area (Å²) in [5.41, 5.74) is 0.432. The van der Waals surface area contributed by atoms with Gasteiger partial charge in [-0.2, -0.15) is 5.10 Å². The molecule has 112 valence electrons. The average molecular weight is 295 g/mol. The average Bonchev–Trinajstić information content (AvgIpc) is 3.00. The van der Waals surface area contributed by atoms with Gasteiger partial charge in [-0.05, 0) is 6.07 Å². The minimum absolute atomic E-state index is 0.0665. The van der Waals surface area contributed by atoms with E-state index in [0.717, 1.165) is 0 Å². The number of benzene rings is 1. The lowest BCUT2D eigenvalue weighted by Gasteiger charge is -2.14. The molecule has 9 heteroatoms. The lowest BCUT2D eigenvalue weighted by atomic mass is 10.1. The first-order valence-electron chi connectivity index (χ1n) is 6.27. The van der Waals surface area contributed by atoms with Gasteiger partial charge in [0.25, 0.3) is 5.69 Å². The fourth-order valence-corrected chi connectivity index (χ4v) is 2.37. The van der Waals surface area contributed by atoms with Crippen LogP contribution >= 0.6 is 0 Å². The summed E-state index contributed by atoms with van der Waals surface area (Å²) in [7, 11) is 0. The Balaban J connectivity index is 1.96. The lowest BCUT2D eigenvalue weighted by Crippen LogP contribution is -2.33. The number of aliphatic hydroxyl groups excluding tert-OH is 3. The highest BCUT2D eigenvalue weighted by molar-refractivity contribution is 5.80. The van der Waals surface area contributed by atoms with Crippen LogP contribution in [-0.2, 0) is 4.74 Å². The van der Waals surface area contributed by atoms with Gasteiger partial charge in [0.05, 0.1) is 17.0 Å². The summed E-state index contributed by atoms with van der Waals surface area (Å²) in [5, 5.41) is 44.1. The van der Waals surface area contributed by atoms with E-state index < -0.39 is 36.1 Å². The maximum atomic E-state index is 10.7. The number of hydrogen-bond acceptors (Lipinski definition) is 7. The monoisotopic (exact) mass is 295 g/mol. The molecule has 3 N–H and O–H groups in total. The summed E-state index contributed by atoms with van der Waals surface area (Å²) in [6.45, 7) is -0.430. The number of ether oxygens (including phenoxy) is 1. The number of aliphatic hydroxyl groups is 3. The fraction of sp³-hybridized carbons (Fsp3) is 0.417. The molecule has 4 atom stereocenters. The number of nitrogens with zero attached hydrogens (tertiary/aromatic N) is 3. The number of hydrogen-bond donors (Lipinski definition) is 3. The Morgan fingerprint density at radius 3 is 2.76 bits per heavy atom. The van der Waals surface area contributed by atoms with E-state index >= 15 is 0 Å². The van der Waals surface area contributed by atoms with E-state index in [9.17, 15) is 20.3 Å². The Morgan fingerprint density at radius 2 is 2.14 bits per heavy atom. The van der Waals surface area contributed by atoms with Gasteiger partial charge in [0, 0.05) is 23.7 Å². The Hall–Kier alpha value is -2.07. The molecular weight excluding hydrogens is 282 g/mol. The standard InChI is InChI=1S/C12H13N3O6/c16-5-9-10(17)11(18)12(21-9)14-4-6-3-7(15(19)20)1-2-8(6)13-14/h1-4,9-12,16-18H,5H2/t9-,10+,11-,12+/m0/s1. The van der Waals surface area contributed by atoms with Crippen LogP contribution in [0.15, 0.2) is 24.4 Å². The van der Waals surface area contributed by atoms with Crippen LogP contribution in [-0.4, -0.2) is 54.9 Å². The summed E-state index contributed by atoms with van der Waals surface area (Å²) in [6.07, 6.45) is -2.83. The number of nitro groups is 1. The summed E-state index contributed by atoms with van der Waals surface area (Å²) < 4.78 is 6.63. The molecule has 0 aliphatic carbocycles. The topological polar surface area (TPSA) is 131 Å². The van der Waals surface area contributed by atoms with Crippen LogP contribution in [0.2, 0.25) is 0 Å². The van der Waals surface area contributed by atoms with Gasteiger partial charge in [-0.1, -0.05) is 0 Å². The van der Waals surface area contributed by atoms with E-state index in [2.05, 4.69) is 5.10 Å². The first-order valence-corrected chi connectivity index (χ1v) is 6.27. The zero-order chi connectivity index (χ0) is 15.1. The van der Waals surface area contributed by atoms with Crippen molar-refractivity contribution < 1.29 is 25.0 Å². The molecule has 3 rings (SSSR count). The van der Waals surface area contributed by atoms with Crippen molar-refractivity contribution in [2.45, 2.75) is 24.5 Å². The molecule has 1 aromatic carbocycles. The van der Waals surface area contributed by atoms with Crippen LogP contribution < -0.4 is 0 Å². The van der Waals surface area contributed by atoms with Crippen molar-refractivity contribution in [3.05, 3.63) is 34.5 Å². The van der Waals surface area contributed by atoms with Crippen LogP contribution in [0.3, 0.4) is 0 Å². The van der Waals surface area contributed by atoms with Gasteiger partial charge < -0.3 is 20.1 Å². The van der Waals surface area contributed by atoms with E-state index in [-0.39, 0.29) is 5.69 Å². The molecule has 0 spiro atoms. The van der Waals surface area contributed by atoms with Crippen molar-refractivity contribution in [2.75, 3.05) is 6.61 Å². The maximum absolute atomic E-state index is 10.7. The minimum atomic E-state index is -1.24. The van der Waals surface area contributed by atoms with E-state index in [0.29, 0.717) is 10.9 Å². The first-order chi connectivity index (χ1) is 10.0. The highest BCUT2D eigenvalue weighted by atomic mass is 16.6. The third-order valence-electron chi connectivity index (χ3n) is 3.49. The van der Waals surface area contributed by atoms with Gasteiger partial charge in [-0.25, -0.2) is 4.68 Å². The third kappa shape index (κ3) is 2.25. The van der Waals surface area contributed by atoms with Crippen molar-refractivity contribution >= 4 is 16.6 Å². The Bertz CT molecular complexity index is 687. The van der Waals surface area contributed by atoms with E-state index in [1.165, 1.54) is 29.1 Å². The van der Waals surface area contributed by atoms with Crippen LogP contribution in [0.4, 0.5) is 5.69 Å². The fourth-order valence-electron chi connectivity index (χ4n) is 2.37. The SMILES string of the molecule is O=[N+]([O-])c1ccc2nn([C@@H]3O[C@@H](CO)[C@@H](O)[C@@H]3O)cc2c1. The molecule has 9 nitrogen and oxygen atoms in total. The number of aromatic nitrogens is 2. The maximum Gasteiger partial charge on any atom is 0.270 e. The molecule has 2 aromatic rings. The van der Waals surface area contributed by atoms with Gasteiger partial charge >= 0.3 is 0 Å². The molecule has 0 radical (unpaired) electrons. The molecule has 0 bridgehead atoms. The van der Waals surface area contributed by atoms with Crippen molar-refractivity contribution in [1.82, 2.24) is 9.78 Å². The lowest BCUT2D eigenvalue weighted by molar-refractivity contribution is -0.384. The van der Waals surface area contributed by atoms with Crippen molar-refractivity contribution in [3.8, 4) is 0 Å². The van der Waals surface area contributed by atoms with Gasteiger partial charge in [0.1, 0.15) is 18.3 Å². The highest BCUT2D eigenvalue weighted by Crippen LogP contribution is 2.30. The zero-order valence-electron chi connectivity index (χ0n) is 10.7. The van der Waals surface area contributed by atoms with Crippen molar-refractivity contribution in [2.24, 2.45) is 0 Å². The second-order valence-electron chi connectivity index (χ2n) is 4.84. The number of non-ortho nitro benzene ring substituents is 1. The molecule has 0 saturated carbocycles. The Kier molecular flexibility index (Phi) is 3.33. The third-order valence-corrected chi connectivity index (χ3v) is 3.49. The first kappa shape index (κ1) is 13.9. The van der Waals surface area contributed by atoms with Gasteiger partial charge in [0.2, 0.25) is 0 Å². The molecule has 0 amide bonds. The molecule has 2 heterocycles. The molecule has 21 heavy (non-hydrogen) atoms. The van der Waals surface area contributed by atoms with Crippen LogP contribution in [0.5, 0.6) is 0 Å². The number of rotatable bonds is 3. The predicted octanol–water partition coefficient (Wildman–Crippen LogP) is -0.444. The van der Waals surface area contributed by atoms with Gasteiger partial charge in [-0.15, -0.1) is 0 Å². The van der Waals surface area contributed by atoms with E-state index in [1.807, 2.05) is 0 Å². The normalized spacial score (nSPS) is 29.1. The summed E-state index contributed by atoms with van der Waals surface area (Å²) in [4.78, 5) is 10.2. The van der Waals surface area contributed by atoms with Gasteiger partial charge in [-0.3, -0.25) is 10.1 Å². The van der Waals surface area contributed by atoms with Gasteiger partial charge in [0.15, 0.2) is 6.23 Å². The molecule has 1 fully saturated rings. The Morgan fingerprint density at radius 1 is 1.38 bits per heavy atom. The van der Waals surface area contributed by atoms with Crippen molar-refractivity contribution in [3.63, 3.8) is 0 Å². The second kappa shape index (κ2) is 5.04. The zero-order valence-corrected chi connectivity index (χ0v) is 10.7. The molecular formula is C12H13N3O6. The number of nitro benzene ring substituents is 1. The predicted molar refractivity (Wildman–Crippen MR) is 69.4 cm³/mol. The largest absolute Gasteiger partial charge is 0.394 e. The van der Waals surface area contributed by atoms with Crippen molar-refractivity contribution in [1.29, 1.82) is 0 Å². The number of fused-ring (bicyclic) bond motifs is 1. The quantitative estimate of drug-likeness (QED) is 0.516. The van der Waals surface area contributed by atoms with Crippen LogP contribution in [0.25, 0.3) is 10.9 Å². The summed E-state index contributed by atoms with van der Waals surface area (Å²) >= 11 is 0. The van der Waals surface area contributed by atoms with E-state index in [1.54, 1.807) is 0 Å². The summed E-state index contributed by atoms with van der Waals surface area (Å²) in [5.74, 6) is 0. The molecule has 1 aliphatic rings. The highest BCUT2D eigenvalue weighted by Gasteiger charge is 2.43.